The molecule has 0 spiro atoms. The Morgan fingerprint density at radius 1 is 1.09 bits per heavy atom. The third-order valence-corrected chi connectivity index (χ3v) is 5.45. The molecule has 1 aliphatic rings. The maximum Gasteiger partial charge on any atom is 0.257 e. The van der Waals surface area contributed by atoms with E-state index in [9.17, 15) is 9.59 Å². The van der Waals surface area contributed by atoms with E-state index in [1.807, 2.05) is 66.7 Å². The van der Waals surface area contributed by atoms with Crippen molar-refractivity contribution in [1.82, 2.24) is 15.2 Å². The van der Waals surface area contributed by atoms with Crippen molar-refractivity contribution in [2.24, 2.45) is 0 Å². The van der Waals surface area contributed by atoms with E-state index in [0.717, 1.165) is 22.7 Å². The molecule has 1 atom stereocenters. The predicted octanol–water partition coefficient (Wildman–Crippen LogP) is 3.75. The van der Waals surface area contributed by atoms with Crippen molar-refractivity contribution in [3.63, 3.8) is 0 Å². The molecule has 4 rings (SSSR count). The fourth-order valence-corrected chi connectivity index (χ4v) is 3.76. The molecular formula is C25H26N4O3. The molecule has 0 fully saturated rings. The molecule has 3 aromatic rings. The summed E-state index contributed by atoms with van der Waals surface area (Å²) in [5.41, 5.74) is 3.21. The lowest BCUT2D eigenvalue weighted by molar-refractivity contribution is -0.121. The van der Waals surface area contributed by atoms with E-state index in [2.05, 4.69) is 15.6 Å². The van der Waals surface area contributed by atoms with E-state index in [1.54, 1.807) is 18.2 Å². The minimum absolute atomic E-state index is 0.0472. The minimum atomic E-state index is -0.320. The first-order valence-corrected chi connectivity index (χ1v) is 10.6. The Balaban J connectivity index is 1.43. The number of rotatable bonds is 8. The minimum Gasteiger partial charge on any atom is -0.497 e. The van der Waals surface area contributed by atoms with Gasteiger partial charge in [0.2, 0.25) is 5.91 Å². The summed E-state index contributed by atoms with van der Waals surface area (Å²) in [6, 6.07) is 20.8. The predicted molar refractivity (Wildman–Crippen MR) is 122 cm³/mol. The highest BCUT2D eigenvalue weighted by atomic mass is 16.5. The summed E-state index contributed by atoms with van der Waals surface area (Å²) in [5.74, 6) is 0.649. The van der Waals surface area contributed by atoms with Crippen LogP contribution in [0.1, 0.15) is 40.6 Å². The molecule has 164 valence electrons. The van der Waals surface area contributed by atoms with Crippen LogP contribution in [0.5, 0.6) is 5.75 Å². The number of nitrogens with zero attached hydrogens (tertiary/aromatic N) is 2. The van der Waals surface area contributed by atoms with Gasteiger partial charge in [-0.3, -0.25) is 14.6 Å². The highest BCUT2D eigenvalue weighted by Gasteiger charge is 2.32. The quantitative estimate of drug-likeness (QED) is 0.569. The molecule has 0 bridgehead atoms. The van der Waals surface area contributed by atoms with Crippen LogP contribution in [0.3, 0.4) is 0 Å². The molecule has 32 heavy (non-hydrogen) atoms. The summed E-state index contributed by atoms with van der Waals surface area (Å²) >= 11 is 0. The summed E-state index contributed by atoms with van der Waals surface area (Å²) in [6.07, 6.45) is 2.26. The zero-order valence-corrected chi connectivity index (χ0v) is 18.0. The second-order valence-corrected chi connectivity index (χ2v) is 7.57. The number of fused-ring (bicyclic) bond motifs is 1. The molecule has 1 aliphatic heterocycles. The molecule has 7 nitrogen and oxygen atoms in total. The largest absolute Gasteiger partial charge is 0.497 e. The lowest BCUT2D eigenvalue weighted by Crippen LogP contribution is -2.43. The van der Waals surface area contributed by atoms with Crippen LogP contribution in [0.25, 0.3) is 0 Å². The number of para-hydroxylation sites is 1. The van der Waals surface area contributed by atoms with Gasteiger partial charge in [0.15, 0.2) is 0 Å². The molecule has 0 saturated carbocycles. The van der Waals surface area contributed by atoms with Gasteiger partial charge < -0.3 is 20.3 Å². The maximum absolute atomic E-state index is 13.3. The third-order valence-electron chi connectivity index (χ3n) is 5.45. The Bertz CT molecular complexity index is 1070. The van der Waals surface area contributed by atoms with Gasteiger partial charge in [0.05, 0.1) is 24.9 Å². The number of aromatic nitrogens is 1. The van der Waals surface area contributed by atoms with E-state index >= 15 is 0 Å². The number of ether oxygens (including phenoxy) is 1. The van der Waals surface area contributed by atoms with Crippen molar-refractivity contribution in [2.45, 2.75) is 25.6 Å². The van der Waals surface area contributed by atoms with Crippen LogP contribution in [0, 0.1) is 0 Å². The number of carbonyl (C=O) groups is 2. The second kappa shape index (κ2) is 9.96. The Hall–Kier alpha value is -3.87. The molecule has 2 aromatic carbocycles. The maximum atomic E-state index is 13.3. The summed E-state index contributed by atoms with van der Waals surface area (Å²) in [6.45, 7) is 0.847. The molecule has 1 aromatic heterocycles. The van der Waals surface area contributed by atoms with Crippen molar-refractivity contribution in [1.29, 1.82) is 0 Å². The van der Waals surface area contributed by atoms with Gasteiger partial charge in [0.25, 0.3) is 5.91 Å². The Kier molecular flexibility index (Phi) is 6.65. The van der Waals surface area contributed by atoms with Gasteiger partial charge >= 0.3 is 0 Å². The Morgan fingerprint density at radius 3 is 2.62 bits per heavy atom. The number of carbonyl (C=O) groups excluding carboxylic acids is 2. The standard InChI is InChI=1S/C25H26N4O3/c1-32-20-13-11-18(12-14-20)24-28-22-9-3-2-8-21(22)25(31)29(24)16-6-10-23(30)27-17-19-7-4-5-15-26-19/h2-5,7-9,11-15,24,28H,6,10,16-17H2,1H3,(H,27,30)/t24-/m0/s1. The zero-order chi connectivity index (χ0) is 22.3. The van der Waals surface area contributed by atoms with Gasteiger partial charge in [-0.05, 0) is 48.4 Å². The molecule has 2 N–H and O–H groups in total. The van der Waals surface area contributed by atoms with Crippen LogP contribution in [-0.4, -0.2) is 35.4 Å². The van der Waals surface area contributed by atoms with E-state index in [0.29, 0.717) is 31.5 Å². The number of methoxy groups -OCH3 is 1. The summed E-state index contributed by atoms with van der Waals surface area (Å²) in [5, 5.41) is 6.36. The van der Waals surface area contributed by atoms with Crippen LogP contribution in [0.2, 0.25) is 0 Å². The number of benzene rings is 2. The van der Waals surface area contributed by atoms with Crippen molar-refractivity contribution in [2.75, 3.05) is 19.0 Å². The molecule has 7 heteroatoms. The number of nitrogens with one attached hydrogen (secondary N) is 2. The number of pyridine rings is 1. The molecule has 0 saturated heterocycles. The molecule has 0 unspecified atom stereocenters. The summed E-state index contributed by atoms with van der Waals surface area (Å²) in [7, 11) is 1.62. The van der Waals surface area contributed by atoms with Gasteiger partial charge in [0, 0.05) is 24.8 Å². The van der Waals surface area contributed by atoms with Crippen LogP contribution < -0.4 is 15.4 Å². The van der Waals surface area contributed by atoms with Gasteiger partial charge in [-0.1, -0.05) is 30.3 Å². The average Bonchev–Trinajstić information content (AvgIpc) is 2.85. The average molecular weight is 431 g/mol. The van der Waals surface area contributed by atoms with Gasteiger partial charge in [0.1, 0.15) is 11.9 Å². The molecule has 2 amide bonds. The fourth-order valence-electron chi connectivity index (χ4n) is 3.76. The van der Waals surface area contributed by atoms with Crippen molar-refractivity contribution in [3.05, 3.63) is 89.7 Å². The zero-order valence-electron chi connectivity index (χ0n) is 18.0. The number of amides is 2. The van der Waals surface area contributed by atoms with Gasteiger partial charge in [-0.25, -0.2) is 0 Å². The lowest BCUT2D eigenvalue weighted by atomic mass is 10.0. The first kappa shape index (κ1) is 21.4. The topological polar surface area (TPSA) is 83.6 Å². The highest BCUT2D eigenvalue weighted by molar-refractivity contribution is 6.01. The van der Waals surface area contributed by atoms with Crippen molar-refractivity contribution >= 4 is 17.5 Å². The molecular weight excluding hydrogens is 404 g/mol. The van der Waals surface area contributed by atoms with E-state index in [1.165, 1.54) is 0 Å². The Labute approximate surface area is 187 Å². The number of hydrogen-bond acceptors (Lipinski definition) is 5. The first-order chi connectivity index (χ1) is 15.7. The van der Waals surface area contributed by atoms with E-state index < -0.39 is 0 Å². The molecule has 0 aliphatic carbocycles. The normalized spacial score (nSPS) is 15.0. The van der Waals surface area contributed by atoms with Gasteiger partial charge in [-0.15, -0.1) is 0 Å². The van der Waals surface area contributed by atoms with Crippen molar-refractivity contribution in [3.8, 4) is 5.75 Å². The van der Waals surface area contributed by atoms with Crippen LogP contribution in [0.15, 0.2) is 72.9 Å². The Morgan fingerprint density at radius 2 is 1.88 bits per heavy atom. The number of anilines is 1. The lowest BCUT2D eigenvalue weighted by Gasteiger charge is -2.38. The highest BCUT2D eigenvalue weighted by Crippen LogP contribution is 2.33. The van der Waals surface area contributed by atoms with Gasteiger partial charge in [-0.2, -0.15) is 0 Å². The first-order valence-electron chi connectivity index (χ1n) is 10.6. The smallest absolute Gasteiger partial charge is 0.257 e. The monoisotopic (exact) mass is 430 g/mol. The van der Waals surface area contributed by atoms with Crippen LogP contribution >= 0.6 is 0 Å². The molecule has 0 radical (unpaired) electrons. The second-order valence-electron chi connectivity index (χ2n) is 7.57. The summed E-state index contributed by atoms with van der Waals surface area (Å²) in [4.78, 5) is 31.5. The van der Waals surface area contributed by atoms with E-state index in [-0.39, 0.29) is 18.0 Å². The third kappa shape index (κ3) is 4.88. The fraction of sp³-hybridized carbons (Fsp3) is 0.240. The number of hydrogen-bond donors (Lipinski definition) is 2. The van der Waals surface area contributed by atoms with Crippen molar-refractivity contribution < 1.29 is 14.3 Å². The SMILES string of the molecule is COc1ccc([C@H]2Nc3ccccc3C(=O)N2CCCC(=O)NCc2ccccn2)cc1. The van der Waals surface area contributed by atoms with E-state index in [4.69, 9.17) is 4.74 Å². The summed E-state index contributed by atoms with van der Waals surface area (Å²) < 4.78 is 5.26. The van der Waals surface area contributed by atoms with Crippen LogP contribution in [0.4, 0.5) is 5.69 Å². The van der Waals surface area contributed by atoms with Crippen LogP contribution in [-0.2, 0) is 11.3 Å². The molecule has 2 heterocycles.